The number of aryl methyl sites for hydroxylation is 1. The van der Waals surface area contributed by atoms with E-state index in [9.17, 15) is 13.2 Å². The van der Waals surface area contributed by atoms with E-state index in [-0.39, 0.29) is 5.69 Å². The molecule has 2 N–H and O–H groups in total. The Balaban J connectivity index is 2.52. The number of rotatable bonds is 1. The highest BCUT2D eigenvalue weighted by atomic mass is 19.4. The van der Waals surface area contributed by atoms with Gasteiger partial charge in [-0.2, -0.15) is 13.2 Å². The van der Waals surface area contributed by atoms with Gasteiger partial charge in [-0.15, -0.1) is 0 Å². The second-order valence-electron chi connectivity index (χ2n) is 3.91. The van der Waals surface area contributed by atoms with E-state index in [1.54, 1.807) is 17.0 Å². The van der Waals surface area contributed by atoms with Crippen molar-refractivity contribution in [3.63, 3.8) is 0 Å². The maximum absolute atomic E-state index is 12.6. The summed E-state index contributed by atoms with van der Waals surface area (Å²) in [7, 11) is 0. The first kappa shape index (κ1) is 11.6. The van der Waals surface area contributed by atoms with Gasteiger partial charge in [0.1, 0.15) is 0 Å². The van der Waals surface area contributed by atoms with E-state index in [1.807, 2.05) is 13.0 Å². The van der Waals surface area contributed by atoms with Crippen LogP contribution in [0.15, 0.2) is 36.7 Å². The molecule has 5 heteroatoms. The zero-order valence-electron chi connectivity index (χ0n) is 9.12. The summed E-state index contributed by atoms with van der Waals surface area (Å²) in [4.78, 5) is 0. The number of alkyl halides is 3. The van der Waals surface area contributed by atoms with Crippen LogP contribution in [0.2, 0.25) is 0 Å². The van der Waals surface area contributed by atoms with E-state index in [1.165, 1.54) is 6.07 Å². The Hall–Kier alpha value is -1.91. The monoisotopic (exact) mass is 240 g/mol. The number of halogens is 3. The lowest BCUT2D eigenvalue weighted by molar-refractivity contribution is -0.137. The topological polar surface area (TPSA) is 30.9 Å². The molecule has 90 valence electrons. The van der Waals surface area contributed by atoms with Gasteiger partial charge in [-0.05, 0) is 36.8 Å². The number of anilines is 1. The Morgan fingerprint density at radius 1 is 1.18 bits per heavy atom. The number of nitrogen functional groups attached to an aromatic ring is 1. The number of benzene rings is 1. The third-order valence-electron chi connectivity index (χ3n) is 2.41. The molecule has 2 rings (SSSR count). The van der Waals surface area contributed by atoms with Gasteiger partial charge in [0.25, 0.3) is 0 Å². The van der Waals surface area contributed by atoms with Crippen LogP contribution in [0.3, 0.4) is 0 Å². The molecule has 1 aromatic heterocycles. The van der Waals surface area contributed by atoms with Crippen LogP contribution in [0.1, 0.15) is 11.1 Å². The molecule has 0 aliphatic carbocycles. The molecule has 0 aliphatic rings. The smallest absolute Gasteiger partial charge is 0.399 e. The van der Waals surface area contributed by atoms with Gasteiger partial charge in [-0.3, -0.25) is 0 Å². The minimum atomic E-state index is -4.38. The molecular weight excluding hydrogens is 229 g/mol. The van der Waals surface area contributed by atoms with Crippen LogP contribution in [-0.4, -0.2) is 4.57 Å². The maximum Gasteiger partial charge on any atom is 0.416 e. The van der Waals surface area contributed by atoms with Crippen LogP contribution < -0.4 is 5.73 Å². The highest BCUT2D eigenvalue weighted by Gasteiger charge is 2.31. The fourth-order valence-electron chi connectivity index (χ4n) is 1.61. The molecule has 0 atom stereocenters. The fourth-order valence-corrected chi connectivity index (χ4v) is 1.61. The van der Waals surface area contributed by atoms with Crippen LogP contribution in [-0.2, 0) is 6.18 Å². The quantitative estimate of drug-likeness (QED) is 0.761. The summed E-state index contributed by atoms with van der Waals surface area (Å²) in [6.07, 6.45) is -0.939. The van der Waals surface area contributed by atoms with Gasteiger partial charge in [0.05, 0.1) is 5.56 Å². The Kier molecular flexibility index (Phi) is 2.61. The summed E-state index contributed by atoms with van der Waals surface area (Å²) in [5, 5.41) is 0. The van der Waals surface area contributed by atoms with Crippen LogP contribution in [0.5, 0.6) is 0 Å². The molecule has 0 saturated heterocycles. The van der Waals surface area contributed by atoms with Gasteiger partial charge in [0, 0.05) is 23.8 Å². The van der Waals surface area contributed by atoms with Crippen molar-refractivity contribution in [2.75, 3.05) is 5.73 Å². The van der Waals surface area contributed by atoms with E-state index in [2.05, 4.69) is 0 Å². The molecule has 1 heterocycles. The predicted molar refractivity (Wildman–Crippen MR) is 59.9 cm³/mol. The van der Waals surface area contributed by atoms with Gasteiger partial charge in [0.2, 0.25) is 0 Å². The second kappa shape index (κ2) is 3.84. The van der Waals surface area contributed by atoms with E-state index >= 15 is 0 Å². The predicted octanol–water partition coefficient (Wildman–Crippen LogP) is 3.39. The van der Waals surface area contributed by atoms with E-state index in [4.69, 9.17) is 5.73 Å². The van der Waals surface area contributed by atoms with Crippen LogP contribution in [0, 0.1) is 6.92 Å². The van der Waals surface area contributed by atoms with Gasteiger partial charge in [-0.25, -0.2) is 0 Å². The van der Waals surface area contributed by atoms with Gasteiger partial charge < -0.3 is 10.3 Å². The Morgan fingerprint density at radius 3 is 2.41 bits per heavy atom. The molecule has 1 aromatic carbocycles. The molecule has 0 saturated carbocycles. The third-order valence-corrected chi connectivity index (χ3v) is 2.41. The zero-order valence-corrected chi connectivity index (χ0v) is 9.12. The number of hydrogen-bond donors (Lipinski definition) is 1. The molecule has 0 spiro atoms. The van der Waals surface area contributed by atoms with Crippen molar-refractivity contribution in [2.45, 2.75) is 13.1 Å². The summed E-state index contributed by atoms with van der Waals surface area (Å²) < 4.78 is 39.4. The molecule has 0 amide bonds. The number of aromatic nitrogens is 1. The minimum absolute atomic E-state index is 0.0983. The van der Waals surface area contributed by atoms with E-state index in [0.717, 1.165) is 17.7 Å². The van der Waals surface area contributed by atoms with Crippen molar-refractivity contribution < 1.29 is 13.2 Å². The summed E-state index contributed by atoms with van der Waals surface area (Å²) >= 11 is 0. The molecule has 0 bridgehead atoms. The standard InChI is InChI=1S/C12H11F3N2/c1-8-2-3-17(7-8)11-5-9(12(13,14)15)4-10(16)6-11/h2-7H,16H2,1H3. The second-order valence-corrected chi connectivity index (χ2v) is 3.91. The van der Waals surface area contributed by atoms with Crippen molar-refractivity contribution in [2.24, 2.45) is 0 Å². The SMILES string of the molecule is Cc1ccn(-c2cc(N)cc(C(F)(F)F)c2)c1. The number of nitrogens with two attached hydrogens (primary N) is 1. The van der Waals surface area contributed by atoms with E-state index in [0.29, 0.717) is 5.69 Å². The zero-order chi connectivity index (χ0) is 12.6. The first-order valence-electron chi connectivity index (χ1n) is 4.99. The maximum atomic E-state index is 12.6. The Morgan fingerprint density at radius 2 is 1.88 bits per heavy atom. The first-order valence-corrected chi connectivity index (χ1v) is 4.99. The Bertz CT molecular complexity index is 541. The van der Waals surface area contributed by atoms with Gasteiger partial charge in [0.15, 0.2) is 0 Å². The molecular formula is C12H11F3N2. The fraction of sp³-hybridized carbons (Fsp3) is 0.167. The van der Waals surface area contributed by atoms with Crippen LogP contribution in [0.4, 0.5) is 18.9 Å². The third kappa shape index (κ3) is 2.43. The lowest BCUT2D eigenvalue weighted by Crippen LogP contribution is -2.07. The van der Waals surface area contributed by atoms with Crippen molar-refractivity contribution in [1.82, 2.24) is 4.57 Å². The number of hydrogen-bond acceptors (Lipinski definition) is 1. The summed E-state index contributed by atoms with van der Waals surface area (Å²) in [6.45, 7) is 1.87. The van der Waals surface area contributed by atoms with Crippen molar-refractivity contribution in [3.05, 3.63) is 47.8 Å². The molecule has 0 radical (unpaired) electrons. The van der Waals surface area contributed by atoms with Crippen molar-refractivity contribution in [3.8, 4) is 5.69 Å². The largest absolute Gasteiger partial charge is 0.416 e. The van der Waals surface area contributed by atoms with Crippen LogP contribution >= 0.6 is 0 Å². The lowest BCUT2D eigenvalue weighted by Gasteiger charge is -2.11. The molecule has 0 fully saturated rings. The number of nitrogens with zero attached hydrogens (tertiary/aromatic N) is 1. The van der Waals surface area contributed by atoms with Crippen molar-refractivity contribution in [1.29, 1.82) is 0 Å². The van der Waals surface area contributed by atoms with Crippen LogP contribution in [0.25, 0.3) is 5.69 Å². The highest BCUT2D eigenvalue weighted by Crippen LogP contribution is 2.32. The molecule has 2 aromatic rings. The summed E-state index contributed by atoms with van der Waals surface area (Å²) in [5.74, 6) is 0. The minimum Gasteiger partial charge on any atom is -0.399 e. The Labute approximate surface area is 96.5 Å². The van der Waals surface area contributed by atoms with Gasteiger partial charge in [-0.1, -0.05) is 0 Å². The molecule has 17 heavy (non-hydrogen) atoms. The average Bonchev–Trinajstić information content (AvgIpc) is 2.62. The average molecular weight is 240 g/mol. The van der Waals surface area contributed by atoms with Gasteiger partial charge >= 0.3 is 6.18 Å². The van der Waals surface area contributed by atoms with E-state index < -0.39 is 11.7 Å². The summed E-state index contributed by atoms with van der Waals surface area (Å²) in [5.41, 5.74) is 6.23. The lowest BCUT2D eigenvalue weighted by atomic mass is 10.1. The highest BCUT2D eigenvalue weighted by molar-refractivity contribution is 5.52. The molecule has 0 aliphatic heterocycles. The van der Waals surface area contributed by atoms with Crippen molar-refractivity contribution >= 4 is 5.69 Å². The molecule has 2 nitrogen and oxygen atoms in total. The molecule has 0 unspecified atom stereocenters. The normalized spacial score (nSPS) is 11.8. The first-order chi connectivity index (χ1) is 7.86. The summed E-state index contributed by atoms with van der Waals surface area (Å²) in [6, 6.07) is 5.33.